The van der Waals surface area contributed by atoms with Crippen LogP contribution in [0.2, 0.25) is 0 Å². The van der Waals surface area contributed by atoms with Crippen molar-refractivity contribution in [1.82, 2.24) is 10.6 Å². The highest BCUT2D eigenvalue weighted by Gasteiger charge is 2.29. The van der Waals surface area contributed by atoms with Crippen molar-refractivity contribution in [3.63, 3.8) is 0 Å². The lowest BCUT2D eigenvalue weighted by Gasteiger charge is -2.17. The SMILES string of the molecule is CCCCN1C(=O)c2cccc3c(CNCCCNCCCN)ccc1c23.Cl.Cl.Cl. The Morgan fingerprint density at radius 3 is 2.40 bits per heavy atom. The molecular formula is C22H35Cl3N4O. The van der Waals surface area contributed by atoms with Crippen molar-refractivity contribution in [1.29, 1.82) is 0 Å². The summed E-state index contributed by atoms with van der Waals surface area (Å²) in [6.45, 7) is 7.51. The van der Waals surface area contributed by atoms with Gasteiger partial charge in [0.25, 0.3) is 5.91 Å². The van der Waals surface area contributed by atoms with Gasteiger partial charge in [-0.1, -0.05) is 31.5 Å². The Kier molecular flexibility index (Phi) is 14.3. The van der Waals surface area contributed by atoms with Crippen LogP contribution in [0.15, 0.2) is 30.3 Å². The lowest BCUT2D eigenvalue weighted by Crippen LogP contribution is -2.27. The summed E-state index contributed by atoms with van der Waals surface area (Å²) in [7, 11) is 0. The van der Waals surface area contributed by atoms with Crippen LogP contribution in [0.4, 0.5) is 5.69 Å². The molecule has 0 radical (unpaired) electrons. The molecule has 0 fully saturated rings. The van der Waals surface area contributed by atoms with Gasteiger partial charge in [-0.15, -0.1) is 37.2 Å². The molecule has 170 valence electrons. The molecule has 5 nitrogen and oxygen atoms in total. The zero-order valence-electron chi connectivity index (χ0n) is 17.6. The number of hydrogen-bond acceptors (Lipinski definition) is 4. The highest BCUT2D eigenvalue weighted by molar-refractivity contribution is 6.25. The summed E-state index contributed by atoms with van der Waals surface area (Å²) in [4.78, 5) is 14.7. The van der Waals surface area contributed by atoms with E-state index in [0.29, 0.717) is 0 Å². The minimum absolute atomic E-state index is 0. The Balaban J connectivity index is 0.00000280. The zero-order valence-corrected chi connectivity index (χ0v) is 20.1. The third-order valence-corrected chi connectivity index (χ3v) is 5.19. The molecule has 1 heterocycles. The summed E-state index contributed by atoms with van der Waals surface area (Å²) >= 11 is 0. The van der Waals surface area contributed by atoms with Crippen molar-refractivity contribution in [3.8, 4) is 0 Å². The van der Waals surface area contributed by atoms with Crippen molar-refractivity contribution in [3.05, 3.63) is 41.5 Å². The maximum absolute atomic E-state index is 12.8. The van der Waals surface area contributed by atoms with Crippen LogP contribution in [-0.2, 0) is 6.54 Å². The lowest BCUT2D eigenvalue weighted by molar-refractivity contribution is 0.0993. The topological polar surface area (TPSA) is 70.4 Å². The Hall–Kier alpha value is -1.08. The van der Waals surface area contributed by atoms with Crippen molar-refractivity contribution in [2.45, 2.75) is 39.2 Å². The smallest absolute Gasteiger partial charge is 0.258 e. The molecule has 1 amide bonds. The van der Waals surface area contributed by atoms with E-state index in [1.807, 2.05) is 17.0 Å². The Bertz CT molecular complexity index is 788. The number of halogens is 3. The second-order valence-electron chi connectivity index (χ2n) is 7.20. The third-order valence-electron chi connectivity index (χ3n) is 5.19. The van der Waals surface area contributed by atoms with Gasteiger partial charge >= 0.3 is 0 Å². The molecule has 0 spiro atoms. The fourth-order valence-electron chi connectivity index (χ4n) is 3.71. The Morgan fingerprint density at radius 1 is 0.933 bits per heavy atom. The summed E-state index contributed by atoms with van der Waals surface area (Å²) in [5.74, 6) is 0.151. The molecule has 4 N–H and O–H groups in total. The number of nitrogens with two attached hydrogens (primary N) is 1. The van der Waals surface area contributed by atoms with Gasteiger partial charge in [0.2, 0.25) is 0 Å². The maximum Gasteiger partial charge on any atom is 0.258 e. The monoisotopic (exact) mass is 476 g/mol. The van der Waals surface area contributed by atoms with Crippen LogP contribution in [0.25, 0.3) is 10.8 Å². The van der Waals surface area contributed by atoms with E-state index in [1.54, 1.807) is 0 Å². The van der Waals surface area contributed by atoms with Gasteiger partial charge in [-0.2, -0.15) is 0 Å². The average molecular weight is 478 g/mol. The molecule has 0 saturated heterocycles. The first-order valence-corrected chi connectivity index (χ1v) is 10.3. The molecule has 0 saturated carbocycles. The van der Waals surface area contributed by atoms with E-state index < -0.39 is 0 Å². The normalized spacial score (nSPS) is 11.8. The molecule has 3 rings (SSSR count). The van der Waals surface area contributed by atoms with Crippen molar-refractivity contribution >= 4 is 59.6 Å². The summed E-state index contributed by atoms with van der Waals surface area (Å²) in [5.41, 5.74) is 8.68. The lowest BCUT2D eigenvalue weighted by atomic mass is 10.0. The van der Waals surface area contributed by atoms with Crippen LogP contribution < -0.4 is 21.3 Å². The number of nitrogens with one attached hydrogen (secondary N) is 2. The molecule has 30 heavy (non-hydrogen) atoms. The van der Waals surface area contributed by atoms with Crippen LogP contribution in [0, 0.1) is 0 Å². The van der Waals surface area contributed by atoms with E-state index in [0.717, 1.165) is 81.6 Å². The number of rotatable bonds is 12. The number of anilines is 1. The van der Waals surface area contributed by atoms with E-state index in [-0.39, 0.29) is 43.1 Å². The number of carbonyl (C=O) groups excluding carboxylic acids is 1. The van der Waals surface area contributed by atoms with Gasteiger partial charge in [-0.25, -0.2) is 0 Å². The third kappa shape index (κ3) is 6.71. The number of unbranched alkanes of at least 4 members (excludes halogenated alkanes) is 1. The predicted molar refractivity (Wildman–Crippen MR) is 135 cm³/mol. The minimum atomic E-state index is 0. The number of hydrogen-bond donors (Lipinski definition) is 3. The number of nitrogens with zero attached hydrogens (tertiary/aromatic N) is 1. The molecule has 0 unspecified atom stereocenters. The molecule has 0 aromatic heterocycles. The van der Waals surface area contributed by atoms with E-state index in [4.69, 9.17) is 5.73 Å². The number of benzene rings is 2. The van der Waals surface area contributed by atoms with Gasteiger partial charge < -0.3 is 21.3 Å². The Labute approximate surface area is 198 Å². The summed E-state index contributed by atoms with van der Waals surface area (Å²) in [6, 6.07) is 10.4. The second kappa shape index (κ2) is 14.8. The maximum atomic E-state index is 12.8. The molecule has 1 aliphatic rings. The van der Waals surface area contributed by atoms with Gasteiger partial charge in [0.05, 0.1) is 5.69 Å². The van der Waals surface area contributed by atoms with Crippen molar-refractivity contribution < 1.29 is 4.79 Å². The Morgan fingerprint density at radius 2 is 1.67 bits per heavy atom. The van der Waals surface area contributed by atoms with Gasteiger partial charge in [-0.05, 0) is 68.5 Å². The molecule has 2 aromatic carbocycles. The second-order valence-corrected chi connectivity index (χ2v) is 7.20. The zero-order chi connectivity index (χ0) is 19.1. The molecule has 8 heteroatoms. The van der Waals surface area contributed by atoms with Gasteiger partial charge in [-0.3, -0.25) is 4.79 Å². The van der Waals surface area contributed by atoms with Crippen LogP contribution in [0.5, 0.6) is 0 Å². The quantitative estimate of drug-likeness (QED) is 0.399. The fourth-order valence-corrected chi connectivity index (χ4v) is 3.71. The van der Waals surface area contributed by atoms with E-state index in [2.05, 4.69) is 35.8 Å². The van der Waals surface area contributed by atoms with Crippen LogP contribution in [0.3, 0.4) is 0 Å². The van der Waals surface area contributed by atoms with Crippen molar-refractivity contribution in [2.24, 2.45) is 5.73 Å². The first-order chi connectivity index (χ1) is 13.3. The van der Waals surface area contributed by atoms with Gasteiger partial charge in [0.1, 0.15) is 0 Å². The summed E-state index contributed by atoms with van der Waals surface area (Å²) in [6.07, 6.45) is 4.24. The highest BCUT2D eigenvalue weighted by atomic mass is 35.5. The van der Waals surface area contributed by atoms with Crippen LogP contribution in [0.1, 0.15) is 48.5 Å². The molecular weight excluding hydrogens is 443 g/mol. The molecule has 1 aliphatic heterocycles. The van der Waals surface area contributed by atoms with E-state index in [9.17, 15) is 4.79 Å². The molecule has 0 aliphatic carbocycles. The van der Waals surface area contributed by atoms with Gasteiger partial charge in [0.15, 0.2) is 0 Å². The highest BCUT2D eigenvalue weighted by Crippen LogP contribution is 2.38. The molecule has 0 atom stereocenters. The summed E-state index contributed by atoms with van der Waals surface area (Å²) < 4.78 is 0. The first kappa shape index (κ1) is 28.9. The van der Waals surface area contributed by atoms with Crippen LogP contribution >= 0.6 is 37.2 Å². The fraction of sp³-hybridized carbons (Fsp3) is 0.500. The largest absolute Gasteiger partial charge is 0.330 e. The van der Waals surface area contributed by atoms with E-state index >= 15 is 0 Å². The molecule has 2 aromatic rings. The minimum Gasteiger partial charge on any atom is -0.330 e. The average Bonchev–Trinajstić information content (AvgIpc) is 2.97. The van der Waals surface area contributed by atoms with E-state index in [1.165, 1.54) is 10.9 Å². The van der Waals surface area contributed by atoms with Gasteiger partial charge in [0, 0.05) is 24.0 Å². The first-order valence-electron chi connectivity index (χ1n) is 10.3. The summed E-state index contributed by atoms with van der Waals surface area (Å²) in [5, 5.41) is 9.26. The number of carbonyl (C=O) groups is 1. The standard InChI is InChI=1S/C22H32N4O.3ClH/c1-2-3-15-26-20-10-9-17(16-25-14-6-13-24-12-5-11-23)18-7-4-8-19(21(18)20)22(26)27;;;/h4,7-10,24-25H,2-3,5-6,11-16,23H2,1H3;3*1H. The van der Waals surface area contributed by atoms with Crippen LogP contribution in [-0.4, -0.2) is 38.6 Å². The van der Waals surface area contributed by atoms with Crippen molar-refractivity contribution in [2.75, 3.05) is 37.6 Å². The number of amides is 1. The predicted octanol–water partition coefficient (Wildman–Crippen LogP) is 4.28. The molecule has 0 bridgehead atoms.